The zero-order valence-corrected chi connectivity index (χ0v) is 11.7. The monoisotopic (exact) mass is 294 g/mol. The van der Waals surface area contributed by atoms with Crippen LogP contribution >= 0.6 is 11.8 Å². The van der Waals surface area contributed by atoms with Crippen LogP contribution in [0.15, 0.2) is 29.3 Å². The molecule has 2 aliphatic rings. The Bertz CT molecular complexity index is 544. The van der Waals surface area contributed by atoms with Gasteiger partial charge in [-0.05, 0) is 30.9 Å². The molecule has 20 heavy (non-hydrogen) atoms. The number of ether oxygens (including phenoxy) is 1. The minimum atomic E-state index is -0.385. The van der Waals surface area contributed by atoms with Gasteiger partial charge in [-0.25, -0.2) is 9.38 Å². The van der Waals surface area contributed by atoms with E-state index in [9.17, 15) is 9.18 Å². The van der Waals surface area contributed by atoms with E-state index in [1.54, 1.807) is 18.2 Å². The molecule has 2 heterocycles. The van der Waals surface area contributed by atoms with Gasteiger partial charge in [0.2, 0.25) is 5.91 Å². The van der Waals surface area contributed by atoms with E-state index < -0.39 is 0 Å². The molecule has 1 unspecified atom stereocenters. The molecular formula is C14H15FN2O2S. The molecule has 1 aromatic rings. The second-order valence-corrected chi connectivity index (χ2v) is 5.98. The fraction of sp³-hybridized carbons (Fsp3) is 0.429. The lowest BCUT2D eigenvalue weighted by atomic mass is 9.96. The lowest BCUT2D eigenvalue weighted by molar-refractivity contribution is -0.120. The zero-order chi connectivity index (χ0) is 13.9. The molecule has 2 aliphatic heterocycles. The van der Waals surface area contributed by atoms with Gasteiger partial charge in [-0.15, -0.1) is 0 Å². The fourth-order valence-corrected chi connectivity index (χ4v) is 3.60. The first-order chi connectivity index (χ1) is 9.74. The van der Waals surface area contributed by atoms with Crippen LogP contribution in [0.4, 0.5) is 10.1 Å². The third kappa shape index (κ3) is 2.86. The molecule has 4 nitrogen and oxygen atoms in total. The first-order valence-electron chi connectivity index (χ1n) is 6.62. The Balaban J connectivity index is 1.74. The number of carbonyl (C=O) groups excluding carboxylic acids is 1. The van der Waals surface area contributed by atoms with E-state index in [1.807, 2.05) is 0 Å². The van der Waals surface area contributed by atoms with Gasteiger partial charge in [-0.1, -0.05) is 23.9 Å². The van der Waals surface area contributed by atoms with Crippen LogP contribution in [0.3, 0.4) is 0 Å². The van der Waals surface area contributed by atoms with Crippen LogP contribution in [0.5, 0.6) is 0 Å². The van der Waals surface area contributed by atoms with Crippen molar-refractivity contribution in [3.8, 4) is 0 Å². The summed E-state index contributed by atoms with van der Waals surface area (Å²) in [5.74, 6) is -0.108. The number of para-hydroxylation sites is 1. The van der Waals surface area contributed by atoms with Gasteiger partial charge in [0.25, 0.3) is 0 Å². The summed E-state index contributed by atoms with van der Waals surface area (Å²) in [6, 6.07) is 6.29. The summed E-state index contributed by atoms with van der Waals surface area (Å²) in [6.07, 6.45) is 1.77. The summed E-state index contributed by atoms with van der Waals surface area (Å²) in [7, 11) is 0. The van der Waals surface area contributed by atoms with Crippen molar-refractivity contribution in [1.82, 2.24) is 5.32 Å². The molecule has 106 valence electrons. The molecular weight excluding hydrogens is 279 g/mol. The van der Waals surface area contributed by atoms with Crippen molar-refractivity contribution in [3.05, 3.63) is 30.1 Å². The number of hydrogen-bond acceptors (Lipinski definition) is 4. The molecule has 0 saturated carbocycles. The molecule has 0 radical (unpaired) electrons. The molecule has 1 atom stereocenters. The molecule has 1 aromatic carbocycles. The van der Waals surface area contributed by atoms with E-state index in [1.165, 1.54) is 17.8 Å². The lowest BCUT2D eigenvalue weighted by Crippen LogP contribution is -2.33. The van der Waals surface area contributed by atoms with E-state index in [0.717, 1.165) is 12.8 Å². The quantitative estimate of drug-likeness (QED) is 0.911. The molecule has 2 fully saturated rings. The maximum absolute atomic E-state index is 13.5. The zero-order valence-electron chi connectivity index (χ0n) is 10.8. The number of amidine groups is 1. The van der Waals surface area contributed by atoms with E-state index in [0.29, 0.717) is 24.3 Å². The average molecular weight is 294 g/mol. The molecule has 1 amide bonds. The second-order valence-electron chi connectivity index (χ2n) is 4.85. The topological polar surface area (TPSA) is 50.7 Å². The van der Waals surface area contributed by atoms with Crippen LogP contribution in [0.1, 0.15) is 12.8 Å². The van der Waals surface area contributed by atoms with E-state index in [4.69, 9.17) is 4.74 Å². The van der Waals surface area contributed by atoms with Crippen molar-refractivity contribution in [1.29, 1.82) is 0 Å². The normalized spacial score (nSPS) is 25.9. The Morgan fingerprint density at radius 3 is 2.80 bits per heavy atom. The number of halogens is 1. The number of aliphatic imine (C=N–C) groups is 1. The maximum Gasteiger partial charge on any atom is 0.239 e. The minimum absolute atomic E-state index is 0.0306. The van der Waals surface area contributed by atoms with Gasteiger partial charge in [0.05, 0.1) is 5.25 Å². The predicted molar refractivity (Wildman–Crippen MR) is 76.6 cm³/mol. The highest BCUT2D eigenvalue weighted by Gasteiger charge is 2.37. The Morgan fingerprint density at radius 1 is 1.30 bits per heavy atom. The molecule has 0 bridgehead atoms. The van der Waals surface area contributed by atoms with Gasteiger partial charge in [0.15, 0.2) is 5.17 Å². The van der Waals surface area contributed by atoms with Gasteiger partial charge >= 0.3 is 0 Å². The summed E-state index contributed by atoms with van der Waals surface area (Å²) < 4.78 is 18.9. The number of thioether (sulfide) groups is 1. The standard InChI is InChI=1S/C14H15FN2O2S/c15-10-3-1-2-4-11(10)16-14-17-13(18)12(20-14)9-5-7-19-8-6-9/h1-4,9,12H,5-8H2,(H,16,17,18). The first kappa shape index (κ1) is 13.6. The van der Waals surface area contributed by atoms with Crippen LogP contribution in [0.25, 0.3) is 0 Å². The average Bonchev–Trinajstić information content (AvgIpc) is 2.83. The number of benzene rings is 1. The van der Waals surface area contributed by atoms with Gasteiger partial charge in [0.1, 0.15) is 11.5 Å². The number of carbonyl (C=O) groups is 1. The van der Waals surface area contributed by atoms with Crippen LogP contribution in [-0.4, -0.2) is 29.5 Å². The van der Waals surface area contributed by atoms with Crippen LogP contribution in [-0.2, 0) is 9.53 Å². The lowest BCUT2D eigenvalue weighted by Gasteiger charge is -2.24. The Hall–Kier alpha value is -1.40. The summed E-state index contributed by atoms with van der Waals surface area (Å²) in [6.45, 7) is 1.41. The summed E-state index contributed by atoms with van der Waals surface area (Å²) in [5.41, 5.74) is 0.253. The highest BCUT2D eigenvalue weighted by Crippen LogP contribution is 2.33. The highest BCUT2D eigenvalue weighted by atomic mass is 32.2. The van der Waals surface area contributed by atoms with Crippen molar-refractivity contribution < 1.29 is 13.9 Å². The van der Waals surface area contributed by atoms with Crippen LogP contribution in [0.2, 0.25) is 0 Å². The largest absolute Gasteiger partial charge is 0.381 e. The molecule has 0 aliphatic carbocycles. The number of nitrogens with one attached hydrogen (secondary N) is 1. The third-order valence-corrected chi connectivity index (χ3v) is 4.77. The van der Waals surface area contributed by atoms with Gasteiger partial charge in [-0.3, -0.25) is 4.79 Å². The van der Waals surface area contributed by atoms with Crippen molar-refractivity contribution in [2.75, 3.05) is 13.2 Å². The molecule has 6 heteroatoms. The molecule has 0 aromatic heterocycles. The summed E-state index contributed by atoms with van der Waals surface area (Å²) >= 11 is 1.40. The number of nitrogens with zero attached hydrogens (tertiary/aromatic N) is 1. The summed E-state index contributed by atoms with van der Waals surface area (Å²) in [4.78, 5) is 16.2. The van der Waals surface area contributed by atoms with E-state index >= 15 is 0 Å². The molecule has 3 rings (SSSR count). The second kappa shape index (κ2) is 5.93. The Kier molecular flexibility index (Phi) is 4.03. The highest BCUT2D eigenvalue weighted by molar-refractivity contribution is 8.15. The minimum Gasteiger partial charge on any atom is -0.381 e. The molecule has 1 N–H and O–H groups in total. The van der Waals surface area contributed by atoms with E-state index in [-0.39, 0.29) is 22.7 Å². The van der Waals surface area contributed by atoms with Gasteiger partial charge in [-0.2, -0.15) is 0 Å². The van der Waals surface area contributed by atoms with Crippen LogP contribution < -0.4 is 5.32 Å². The maximum atomic E-state index is 13.5. The fourth-order valence-electron chi connectivity index (χ4n) is 2.41. The molecule has 2 saturated heterocycles. The number of rotatable bonds is 2. The SMILES string of the molecule is O=C1NC(=Nc2ccccc2F)SC1C1CCOCC1. The third-order valence-electron chi connectivity index (χ3n) is 3.50. The van der Waals surface area contributed by atoms with Crippen molar-refractivity contribution >= 4 is 28.5 Å². The Labute approximate surface area is 120 Å². The van der Waals surface area contributed by atoms with Crippen molar-refractivity contribution in [2.24, 2.45) is 10.9 Å². The van der Waals surface area contributed by atoms with Gasteiger partial charge in [0, 0.05) is 13.2 Å². The number of hydrogen-bond donors (Lipinski definition) is 1. The van der Waals surface area contributed by atoms with Crippen molar-refractivity contribution in [3.63, 3.8) is 0 Å². The Morgan fingerprint density at radius 2 is 2.05 bits per heavy atom. The van der Waals surface area contributed by atoms with Gasteiger partial charge < -0.3 is 10.1 Å². The van der Waals surface area contributed by atoms with E-state index in [2.05, 4.69) is 10.3 Å². The van der Waals surface area contributed by atoms with Crippen LogP contribution in [0, 0.1) is 11.7 Å². The van der Waals surface area contributed by atoms with Crippen molar-refractivity contribution in [2.45, 2.75) is 18.1 Å². The smallest absolute Gasteiger partial charge is 0.239 e. The first-order valence-corrected chi connectivity index (χ1v) is 7.50. The predicted octanol–water partition coefficient (Wildman–Crippen LogP) is 2.47. The molecule has 0 spiro atoms. The number of amides is 1. The summed E-state index contributed by atoms with van der Waals surface area (Å²) in [5, 5.41) is 3.09.